The molecule has 0 amide bonds. The lowest BCUT2D eigenvalue weighted by atomic mass is 10.1. The highest BCUT2D eigenvalue weighted by Gasteiger charge is 2.08. The maximum absolute atomic E-state index is 12.9. The first-order valence-electron chi connectivity index (χ1n) is 3.18. The number of benzene rings is 1. The molecule has 0 aliphatic rings. The molecule has 64 valence electrons. The highest BCUT2D eigenvalue weighted by Crippen LogP contribution is 2.25. The van der Waals surface area contributed by atoms with Gasteiger partial charge in [0.1, 0.15) is 0 Å². The summed E-state index contributed by atoms with van der Waals surface area (Å²) >= 11 is 8.46. The van der Waals surface area contributed by atoms with Gasteiger partial charge in [-0.05, 0) is 35.0 Å². The van der Waals surface area contributed by atoms with Gasteiger partial charge in [-0.25, -0.2) is 4.39 Å². The molecule has 0 atom stereocenters. The molecule has 0 spiro atoms. The van der Waals surface area contributed by atoms with Gasteiger partial charge in [-0.1, -0.05) is 11.6 Å². The Kier molecular flexibility index (Phi) is 2.85. The molecule has 0 saturated carbocycles. The number of rotatable bonds is 1. The molecular formula is C8H5BrClFO. The molecule has 12 heavy (non-hydrogen) atoms. The summed E-state index contributed by atoms with van der Waals surface area (Å²) in [5.74, 6) is -0.681. The average Bonchev–Trinajstić information content (AvgIpc) is 1.99. The normalized spacial score (nSPS) is 10.0. The number of Topliss-reactive ketones (excluding diaryl/α,β-unsaturated/α-hetero) is 1. The lowest BCUT2D eigenvalue weighted by Gasteiger charge is -2.00. The van der Waals surface area contributed by atoms with Crippen LogP contribution >= 0.6 is 27.5 Å². The van der Waals surface area contributed by atoms with E-state index in [9.17, 15) is 9.18 Å². The predicted octanol–water partition coefficient (Wildman–Crippen LogP) is 3.44. The van der Waals surface area contributed by atoms with E-state index < -0.39 is 5.82 Å². The van der Waals surface area contributed by atoms with Crippen molar-refractivity contribution >= 4 is 33.3 Å². The highest BCUT2D eigenvalue weighted by molar-refractivity contribution is 9.10. The van der Waals surface area contributed by atoms with Crippen LogP contribution in [-0.2, 0) is 0 Å². The van der Waals surface area contributed by atoms with Crippen molar-refractivity contribution in [2.45, 2.75) is 6.92 Å². The Morgan fingerprint density at radius 1 is 1.58 bits per heavy atom. The molecule has 0 aromatic heterocycles. The SMILES string of the molecule is CC(=O)c1cc(Cl)c(F)c(Br)c1. The standard InChI is InChI=1S/C8H5BrClFO/c1-4(12)5-2-6(9)8(11)7(10)3-5/h2-3H,1H3. The van der Waals surface area contributed by atoms with Gasteiger partial charge in [0.2, 0.25) is 0 Å². The Bertz CT molecular complexity index is 315. The molecule has 0 fully saturated rings. The summed E-state index contributed by atoms with van der Waals surface area (Å²) in [6.07, 6.45) is 0. The first kappa shape index (κ1) is 9.68. The van der Waals surface area contributed by atoms with Gasteiger partial charge in [0.15, 0.2) is 11.6 Å². The van der Waals surface area contributed by atoms with Gasteiger partial charge < -0.3 is 0 Å². The Morgan fingerprint density at radius 2 is 2.17 bits per heavy atom. The number of carbonyl (C=O) groups is 1. The molecule has 1 rings (SSSR count). The Morgan fingerprint density at radius 3 is 2.58 bits per heavy atom. The summed E-state index contributed by atoms with van der Waals surface area (Å²) in [6, 6.07) is 2.72. The summed E-state index contributed by atoms with van der Waals surface area (Å²) in [5.41, 5.74) is 0.397. The van der Waals surface area contributed by atoms with Crippen molar-refractivity contribution in [2.75, 3.05) is 0 Å². The lowest BCUT2D eigenvalue weighted by molar-refractivity contribution is 0.101. The molecule has 1 aromatic carbocycles. The van der Waals surface area contributed by atoms with Crippen molar-refractivity contribution in [3.05, 3.63) is 33.0 Å². The van der Waals surface area contributed by atoms with Crippen LogP contribution in [0.1, 0.15) is 17.3 Å². The van der Waals surface area contributed by atoms with E-state index in [1.54, 1.807) is 0 Å². The largest absolute Gasteiger partial charge is 0.295 e. The van der Waals surface area contributed by atoms with Crippen LogP contribution in [0.2, 0.25) is 5.02 Å². The zero-order valence-corrected chi connectivity index (χ0v) is 8.54. The molecule has 0 aliphatic heterocycles. The summed E-state index contributed by atoms with van der Waals surface area (Å²) in [7, 11) is 0. The second-order valence-electron chi connectivity index (χ2n) is 2.31. The number of carbonyl (C=O) groups excluding carboxylic acids is 1. The van der Waals surface area contributed by atoms with Crippen LogP contribution in [0, 0.1) is 5.82 Å². The fourth-order valence-electron chi connectivity index (χ4n) is 0.759. The Labute approximate surface area is 82.7 Å². The molecule has 0 saturated heterocycles. The van der Waals surface area contributed by atoms with Gasteiger partial charge in [-0.3, -0.25) is 4.79 Å². The fourth-order valence-corrected chi connectivity index (χ4v) is 1.55. The first-order valence-corrected chi connectivity index (χ1v) is 4.35. The maximum Gasteiger partial charge on any atom is 0.159 e. The van der Waals surface area contributed by atoms with Crippen LogP contribution in [0.25, 0.3) is 0 Å². The predicted molar refractivity (Wildman–Crippen MR) is 49.1 cm³/mol. The summed E-state index contributed by atoms with van der Waals surface area (Å²) < 4.78 is 13.1. The van der Waals surface area contributed by atoms with Crippen molar-refractivity contribution in [3.63, 3.8) is 0 Å². The third-order valence-electron chi connectivity index (χ3n) is 1.39. The molecule has 4 heteroatoms. The average molecular weight is 251 g/mol. The van der Waals surface area contributed by atoms with E-state index >= 15 is 0 Å². The molecule has 0 N–H and O–H groups in total. The van der Waals surface area contributed by atoms with Gasteiger partial charge in [-0.15, -0.1) is 0 Å². The van der Waals surface area contributed by atoms with Crippen LogP contribution in [-0.4, -0.2) is 5.78 Å². The van der Waals surface area contributed by atoms with Crippen LogP contribution in [0.15, 0.2) is 16.6 Å². The van der Waals surface area contributed by atoms with Crippen molar-refractivity contribution < 1.29 is 9.18 Å². The van der Waals surface area contributed by atoms with E-state index in [0.717, 1.165) is 0 Å². The zero-order chi connectivity index (χ0) is 9.30. The van der Waals surface area contributed by atoms with Gasteiger partial charge >= 0.3 is 0 Å². The van der Waals surface area contributed by atoms with Gasteiger partial charge in [0.05, 0.1) is 9.50 Å². The number of hydrogen-bond donors (Lipinski definition) is 0. The van der Waals surface area contributed by atoms with Gasteiger partial charge in [0, 0.05) is 5.56 Å². The smallest absolute Gasteiger partial charge is 0.159 e. The molecule has 0 radical (unpaired) electrons. The van der Waals surface area contributed by atoms with Gasteiger partial charge in [0.25, 0.3) is 0 Å². The van der Waals surface area contributed by atoms with E-state index in [4.69, 9.17) is 11.6 Å². The number of hydrogen-bond acceptors (Lipinski definition) is 1. The highest BCUT2D eigenvalue weighted by atomic mass is 79.9. The summed E-state index contributed by atoms with van der Waals surface area (Å²) in [4.78, 5) is 10.9. The first-order chi connectivity index (χ1) is 5.52. The molecule has 0 heterocycles. The maximum atomic E-state index is 12.9. The minimum absolute atomic E-state index is 0.0467. The number of halogens is 3. The second-order valence-corrected chi connectivity index (χ2v) is 3.57. The topological polar surface area (TPSA) is 17.1 Å². The third kappa shape index (κ3) is 1.84. The fraction of sp³-hybridized carbons (Fsp3) is 0.125. The van der Waals surface area contributed by atoms with E-state index in [0.29, 0.717) is 5.56 Å². The Hall–Kier alpha value is -0.410. The van der Waals surface area contributed by atoms with E-state index in [1.165, 1.54) is 19.1 Å². The van der Waals surface area contributed by atoms with Gasteiger partial charge in [-0.2, -0.15) is 0 Å². The van der Waals surface area contributed by atoms with E-state index in [-0.39, 0.29) is 15.3 Å². The van der Waals surface area contributed by atoms with Crippen LogP contribution in [0.4, 0.5) is 4.39 Å². The molecular weight excluding hydrogens is 246 g/mol. The minimum atomic E-state index is -0.540. The van der Waals surface area contributed by atoms with E-state index in [2.05, 4.69) is 15.9 Å². The quantitative estimate of drug-likeness (QED) is 0.552. The zero-order valence-electron chi connectivity index (χ0n) is 6.20. The molecule has 0 bridgehead atoms. The minimum Gasteiger partial charge on any atom is -0.295 e. The molecule has 1 aromatic rings. The molecule has 0 aliphatic carbocycles. The van der Waals surface area contributed by atoms with Crippen LogP contribution in [0.3, 0.4) is 0 Å². The summed E-state index contributed by atoms with van der Waals surface area (Å²) in [6.45, 7) is 1.40. The summed E-state index contributed by atoms with van der Waals surface area (Å²) in [5, 5.41) is -0.0467. The van der Waals surface area contributed by atoms with Crippen molar-refractivity contribution in [1.82, 2.24) is 0 Å². The van der Waals surface area contributed by atoms with Crippen molar-refractivity contribution in [3.8, 4) is 0 Å². The second kappa shape index (κ2) is 3.54. The Balaban J connectivity index is 3.31. The third-order valence-corrected chi connectivity index (χ3v) is 2.24. The van der Waals surface area contributed by atoms with Crippen molar-refractivity contribution in [1.29, 1.82) is 0 Å². The monoisotopic (exact) mass is 250 g/mol. The van der Waals surface area contributed by atoms with Crippen molar-refractivity contribution in [2.24, 2.45) is 0 Å². The molecule has 0 unspecified atom stereocenters. The van der Waals surface area contributed by atoms with E-state index in [1.807, 2.05) is 0 Å². The van der Waals surface area contributed by atoms with Crippen LogP contribution < -0.4 is 0 Å². The molecule has 1 nitrogen and oxygen atoms in total. The number of ketones is 1. The lowest BCUT2D eigenvalue weighted by Crippen LogP contribution is -1.93. The van der Waals surface area contributed by atoms with Crippen LogP contribution in [0.5, 0.6) is 0 Å².